The first-order valence-corrected chi connectivity index (χ1v) is 32.3. The number of rotatable bonds is 5. The number of anilines is 9. The molecular formula is C79H90BN3S. The highest BCUT2D eigenvalue weighted by molar-refractivity contribution is 7.25. The van der Waals surface area contributed by atoms with E-state index in [1.54, 1.807) is 0 Å². The van der Waals surface area contributed by atoms with Crippen molar-refractivity contribution in [2.75, 3.05) is 14.7 Å². The molecule has 4 aliphatic rings. The first-order chi connectivity index (χ1) is 39.2. The number of fused-ring (bicyclic) bond motifs is 9. The Hall–Kier alpha value is -6.56. The molecule has 0 bridgehead atoms. The molecule has 2 aliphatic heterocycles. The van der Waals surface area contributed by atoms with Crippen molar-refractivity contribution >= 4 is 106 Å². The zero-order chi connectivity index (χ0) is 59.9. The van der Waals surface area contributed by atoms with Gasteiger partial charge in [0.15, 0.2) is 0 Å². The summed E-state index contributed by atoms with van der Waals surface area (Å²) in [6.07, 6.45) is 4.68. The van der Waals surface area contributed by atoms with Crippen LogP contribution in [0.1, 0.15) is 199 Å². The average Bonchev–Trinajstić information content (AvgIpc) is 1.42. The second-order valence-electron chi connectivity index (χ2n) is 31.9. The van der Waals surface area contributed by atoms with Gasteiger partial charge in [0.2, 0.25) is 0 Å². The van der Waals surface area contributed by atoms with E-state index in [2.05, 4.69) is 287 Å². The van der Waals surface area contributed by atoms with Crippen molar-refractivity contribution in [3.05, 3.63) is 189 Å². The summed E-state index contributed by atoms with van der Waals surface area (Å²) in [6.45, 7) is 47.7. The largest absolute Gasteiger partial charge is 0.311 e. The maximum absolute atomic E-state index is 2.71. The molecule has 9 aromatic rings. The maximum atomic E-state index is 2.71. The molecule has 0 N–H and O–H groups in total. The third-order valence-electron chi connectivity index (χ3n) is 20.7. The Balaban J connectivity index is 1.12. The summed E-state index contributed by atoms with van der Waals surface area (Å²) in [7, 11) is 0. The fourth-order valence-corrected chi connectivity index (χ4v) is 16.3. The highest BCUT2D eigenvalue weighted by atomic mass is 32.1. The smallest absolute Gasteiger partial charge is 0.252 e. The summed E-state index contributed by atoms with van der Waals surface area (Å²) in [5.74, 6) is 0. The Morgan fingerprint density at radius 2 is 0.845 bits per heavy atom. The minimum absolute atomic E-state index is 0.0168. The SMILES string of the molecule is Cc1cc2c3c(c1)N(c1ccc4c(c1)C(C)(C)CCC4(C)C)c1cc4c(cc1B3c1ccc(N(c3ccc(C(C)(C)C)cc3C)c3ccc(C(C)(C)C)cc3C)cc1N2c1ccc2c(c1)sc1cc(C(C)(C)C)ccc12)C(C)(C)CCC4(C)C. The van der Waals surface area contributed by atoms with Gasteiger partial charge >= 0.3 is 0 Å². The predicted molar refractivity (Wildman–Crippen MR) is 369 cm³/mol. The van der Waals surface area contributed by atoms with E-state index in [0.29, 0.717) is 0 Å². The van der Waals surface area contributed by atoms with Crippen molar-refractivity contribution in [2.45, 2.75) is 202 Å². The fraction of sp³-hybridized carbons (Fsp3) is 0.392. The molecule has 3 heterocycles. The van der Waals surface area contributed by atoms with Gasteiger partial charge in [0.25, 0.3) is 6.71 Å². The molecule has 5 heteroatoms. The fourth-order valence-electron chi connectivity index (χ4n) is 15.1. The Kier molecular flexibility index (Phi) is 12.6. The molecule has 0 atom stereocenters. The summed E-state index contributed by atoms with van der Waals surface area (Å²) < 4.78 is 2.65. The van der Waals surface area contributed by atoms with E-state index in [9.17, 15) is 0 Å². The number of hydrogen-bond acceptors (Lipinski definition) is 4. The molecule has 0 amide bonds. The van der Waals surface area contributed by atoms with Crippen LogP contribution in [0, 0.1) is 20.8 Å². The third kappa shape index (κ3) is 9.01. The first-order valence-electron chi connectivity index (χ1n) is 31.4. The number of nitrogens with zero attached hydrogens (tertiary/aromatic N) is 3. The van der Waals surface area contributed by atoms with E-state index in [1.807, 2.05) is 11.3 Å². The molecule has 2 aliphatic carbocycles. The molecule has 0 saturated heterocycles. The van der Waals surface area contributed by atoms with Gasteiger partial charge in [-0.2, -0.15) is 0 Å². The zero-order valence-corrected chi connectivity index (χ0v) is 55.2. The second-order valence-corrected chi connectivity index (χ2v) is 33.0. The summed E-state index contributed by atoms with van der Waals surface area (Å²) in [5.41, 5.74) is 29.3. The highest BCUT2D eigenvalue weighted by Crippen LogP contribution is 2.54. The maximum Gasteiger partial charge on any atom is 0.252 e. The topological polar surface area (TPSA) is 9.72 Å². The van der Waals surface area contributed by atoms with E-state index in [0.717, 1.165) is 18.5 Å². The van der Waals surface area contributed by atoms with E-state index in [4.69, 9.17) is 0 Å². The second kappa shape index (κ2) is 18.7. The molecule has 3 nitrogen and oxygen atoms in total. The minimum Gasteiger partial charge on any atom is -0.311 e. The lowest BCUT2D eigenvalue weighted by Crippen LogP contribution is -2.62. The Labute approximate surface area is 508 Å². The van der Waals surface area contributed by atoms with E-state index in [-0.39, 0.29) is 44.6 Å². The Bertz CT molecular complexity index is 4150. The monoisotopic (exact) mass is 1120 g/mol. The third-order valence-corrected chi connectivity index (χ3v) is 21.8. The van der Waals surface area contributed by atoms with E-state index in [1.165, 1.54) is 151 Å². The molecule has 13 rings (SSSR count). The van der Waals surface area contributed by atoms with E-state index < -0.39 is 0 Å². The summed E-state index contributed by atoms with van der Waals surface area (Å²) in [4.78, 5) is 7.95. The molecule has 8 aromatic carbocycles. The van der Waals surface area contributed by atoms with E-state index >= 15 is 0 Å². The molecule has 1 aromatic heterocycles. The van der Waals surface area contributed by atoms with Crippen molar-refractivity contribution < 1.29 is 0 Å². The molecule has 0 spiro atoms. The van der Waals surface area contributed by atoms with Gasteiger partial charge in [-0.05, 0) is 229 Å². The molecule has 0 unspecified atom stereocenters. The van der Waals surface area contributed by atoms with Gasteiger partial charge in [-0.3, -0.25) is 0 Å². The summed E-state index contributed by atoms with van der Waals surface area (Å²) >= 11 is 1.94. The normalized spacial score (nSPS) is 17.4. The van der Waals surface area contributed by atoms with Gasteiger partial charge in [0, 0.05) is 71.4 Å². The van der Waals surface area contributed by atoms with Gasteiger partial charge in [-0.1, -0.05) is 178 Å². The van der Waals surface area contributed by atoms with Gasteiger partial charge in [0.05, 0.1) is 0 Å². The predicted octanol–water partition coefficient (Wildman–Crippen LogP) is 21.1. The number of aryl methyl sites for hydroxylation is 3. The quantitative estimate of drug-likeness (QED) is 0.159. The summed E-state index contributed by atoms with van der Waals surface area (Å²) in [6, 6.07) is 54.4. The van der Waals surface area contributed by atoms with Crippen LogP contribution in [0.2, 0.25) is 0 Å². The van der Waals surface area contributed by atoms with Crippen LogP contribution in [0.25, 0.3) is 20.2 Å². The number of thiophene rings is 1. The van der Waals surface area contributed by atoms with Crippen LogP contribution in [0.3, 0.4) is 0 Å². The highest BCUT2D eigenvalue weighted by Gasteiger charge is 2.48. The van der Waals surface area contributed by atoms with Crippen LogP contribution in [0.4, 0.5) is 51.2 Å². The van der Waals surface area contributed by atoms with Gasteiger partial charge in [-0.15, -0.1) is 11.3 Å². The lowest BCUT2D eigenvalue weighted by molar-refractivity contribution is 0.332. The molecular weight excluding hydrogens is 1030 g/mol. The van der Waals surface area contributed by atoms with Crippen molar-refractivity contribution in [1.29, 1.82) is 0 Å². The Morgan fingerprint density at radius 1 is 0.405 bits per heavy atom. The van der Waals surface area contributed by atoms with Gasteiger partial charge in [-0.25, -0.2) is 0 Å². The number of benzene rings is 8. The van der Waals surface area contributed by atoms with Crippen molar-refractivity contribution in [1.82, 2.24) is 0 Å². The number of hydrogen-bond donors (Lipinski definition) is 0. The minimum atomic E-state index is -0.0285. The zero-order valence-electron chi connectivity index (χ0n) is 54.4. The van der Waals surface area contributed by atoms with Crippen LogP contribution in [0.15, 0.2) is 133 Å². The van der Waals surface area contributed by atoms with Crippen molar-refractivity contribution in [3.8, 4) is 0 Å². The molecule has 84 heavy (non-hydrogen) atoms. The molecule has 430 valence electrons. The standard InChI is InChI=1S/C79H90BN3S/c1-47-37-68-72-69(38-47)83(55-24-28-57-56-27-21-52(75(10,11)12)41-70(56)84-71(57)44-55)66-43-54(81(64-31-22-50(39-48(64)2)73(4,5)6)65-32-23-51(40-49(65)3)74(7,8)9)26-30-62(66)80(72)63-45-60-61(79(19,20)36-35-78(60,17)18)46-67(63)82(68)53-25-29-58-59(42-53)77(15,16)34-33-76(58,13)14/h21-32,37-46H,33-36H2,1-20H3. The van der Waals surface area contributed by atoms with Crippen LogP contribution in [-0.4, -0.2) is 6.71 Å². The first kappa shape index (κ1) is 56.6. The average molecular weight is 1120 g/mol. The van der Waals surface area contributed by atoms with Gasteiger partial charge < -0.3 is 14.7 Å². The van der Waals surface area contributed by atoms with Crippen molar-refractivity contribution in [3.63, 3.8) is 0 Å². The summed E-state index contributed by atoms with van der Waals surface area (Å²) in [5, 5.41) is 2.65. The Morgan fingerprint density at radius 3 is 1.38 bits per heavy atom. The lowest BCUT2D eigenvalue weighted by atomic mass is 9.33. The van der Waals surface area contributed by atoms with Gasteiger partial charge in [0.1, 0.15) is 0 Å². The lowest BCUT2D eigenvalue weighted by Gasteiger charge is -2.48. The van der Waals surface area contributed by atoms with Crippen molar-refractivity contribution in [2.24, 2.45) is 0 Å². The van der Waals surface area contributed by atoms with Crippen LogP contribution in [0.5, 0.6) is 0 Å². The molecule has 0 radical (unpaired) electrons. The molecule has 0 fully saturated rings. The van der Waals surface area contributed by atoms with Crippen LogP contribution in [-0.2, 0) is 37.9 Å². The molecule has 0 saturated carbocycles. The van der Waals surface area contributed by atoms with Crippen LogP contribution < -0.4 is 31.1 Å². The van der Waals surface area contributed by atoms with Crippen LogP contribution >= 0.6 is 11.3 Å².